The van der Waals surface area contributed by atoms with Gasteiger partial charge in [0.2, 0.25) is 0 Å². The standard InChI is InChI=1S/C13H13NO/c14-13-4-2-1-3-11(13)9-10-5-7-12(15)8-6-10/h1-8,15H,9,14H2. The van der Waals surface area contributed by atoms with Crippen LogP contribution in [0.15, 0.2) is 48.5 Å². The van der Waals surface area contributed by atoms with Gasteiger partial charge in [0, 0.05) is 5.69 Å². The summed E-state index contributed by atoms with van der Waals surface area (Å²) < 4.78 is 0. The molecule has 0 radical (unpaired) electrons. The van der Waals surface area contributed by atoms with Crippen LogP contribution in [0.5, 0.6) is 5.75 Å². The van der Waals surface area contributed by atoms with Gasteiger partial charge in [0.05, 0.1) is 0 Å². The Morgan fingerprint density at radius 2 is 1.60 bits per heavy atom. The van der Waals surface area contributed by atoms with E-state index >= 15 is 0 Å². The maximum atomic E-state index is 9.15. The van der Waals surface area contributed by atoms with E-state index in [1.807, 2.05) is 36.4 Å². The Morgan fingerprint density at radius 3 is 2.27 bits per heavy atom. The average molecular weight is 199 g/mol. The van der Waals surface area contributed by atoms with Crippen molar-refractivity contribution in [3.05, 3.63) is 59.7 Å². The molecule has 15 heavy (non-hydrogen) atoms. The van der Waals surface area contributed by atoms with Crippen LogP contribution in [0.4, 0.5) is 5.69 Å². The summed E-state index contributed by atoms with van der Waals surface area (Å²) in [5.74, 6) is 0.291. The van der Waals surface area contributed by atoms with Gasteiger partial charge in [-0.05, 0) is 35.7 Å². The van der Waals surface area contributed by atoms with Gasteiger partial charge in [-0.2, -0.15) is 0 Å². The molecule has 0 saturated carbocycles. The van der Waals surface area contributed by atoms with E-state index in [9.17, 15) is 0 Å². The van der Waals surface area contributed by atoms with Crippen LogP contribution in [0.2, 0.25) is 0 Å². The third kappa shape index (κ3) is 2.29. The fraction of sp³-hybridized carbons (Fsp3) is 0.0769. The minimum absolute atomic E-state index is 0.291. The molecule has 2 rings (SSSR count). The van der Waals surface area contributed by atoms with E-state index in [1.54, 1.807) is 12.1 Å². The molecule has 0 aliphatic carbocycles. The third-order valence-electron chi connectivity index (χ3n) is 2.39. The summed E-state index contributed by atoms with van der Waals surface area (Å²) in [6.45, 7) is 0. The van der Waals surface area contributed by atoms with Crippen molar-refractivity contribution < 1.29 is 5.11 Å². The molecule has 0 aliphatic heterocycles. The summed E-state index contributed by atoms with van der Waals surface area (Å²) >= 11 is 0. The zero-order valence-electron chi connectivity index (χ0n) is 8.35. The predicted octanol–water partition coefficient (Wildman–Crippen LogP) is 2.57. The van der Waals surface area contributed by atoms with Crippen molar-refractivity contribution in [2.24, 2.45) is 0 Å². The summed E-state index contributed by atoms with van der Waals surface area (Å²) in [5.41, 5.74) is 8.92. The van der Waals surface area contributed by atoms with Crippen molar-refractivity contribution in [1.29, 1.82) is 0 Å². The van der Waals surface area contributed by atoms with E-state index in [0.717, 1.165) is 23.2 Å². The molecule has 0 heterocycles. The number of phenols is 1. The number of para-hydroxylation sites is 1. The molecule has 76 valence electrons. The lowest BCUT2D eigenvalue weighted by atomic mass is 10.0. The first-order valence-electron chi connectivity index (χ1n) is 4.87. The van der Waals surface area contributed by atoms with Gasteiger partial charge in [-0.25, -0.2) is 0 Å². The molecule has 2 heteroatoms. The molecule has 2 aromatic rings. The molecule has 0 unspecified atom stereocenters. The number of nitrogens with two attached hydrogens (primary N) is 1. The summed E-state index contributed by atoms with van der Waals surface area (Å²) in [5, 5.41) is 9.15. The lowest BCUT2D eigenvalue weighted by Gasteiger charge is -2.05. The number of phenolic OH excluding ortho intramolecular Hbond substituents is 1. The number of rotatable bonds is 2. The first-order valence-corrected chi connectivity index (χ1v) is 4.87. The molecule has 0 amide bonds. The van der Waals surface area contributed by atoms with Crippen LogP contribution in [0.25, 0.3) is 0 Å². The Balaban J connectivity index is 2.22. The molecule has 2 nitrogen and oxygen atoms in total. The quantitative estimate of drug-likeness (QED) is 0.730. The molecule has 0 fully saturated rings. The number of hydrogen-bond donors (Lipinski definition) is 2. The summed E-state index contributed by atoms with van der Waals surface area (Å²) in [6, 6.07) is 15.0. The largest absolute Gasteiger partial charge is 0.508 e. The number of anilines is 1. The number of hydrogen-bond acceptors (Lipinski definition) is 2. The van der Waals surface area contributed by atoms with Gasteiger partial charge < -0.3 is 10.8 Å². The Bertz CT molecular complexity index is 448. The predicted molar refractivity (Wildman–Crippen MR) is 61.8 cm³/mol. The third-order valence-corrected chi connectivity index (χ3v) is 2.39. The van der Waals surface area contributed by atoms with Crippen LogP contribution < -0.4 is 5.73 Å². The maximum Gasteiger partial charge on any atom is 0.115 e. The highest BCUT2D eigenvalue weighted by atomic mass is 16.3. The van der Waals surface area contributed by atoms with E-state index in [2.05, 4.69) is 0 Å². The topological polar surface area (TPSA) is 46.2 Å². The van der Waals surface area contributed by atoms with Crippen molar-refractivity contribution in [2.75, 3.05) is 5.73 Å². The monoisotopic (exact) mass is 199 g/mol. The number of aromatic hydroxyl groups is 1. The first-order chi connectivity index (χ1) is 7.25. The fourth-order valence-corrected chi connectivity index (χ4v) is 1.53. The van der Waals surface area contributed by atoms with Crippen molar-refractivity contribution in [1.82, 2.24) is 0 Å². The molecule has 0 bridgehead atoms. The first kappa shape index (κ1) is 9.59. The Labute approximate surface area is 89.0 Å². The van der Waals surface area contributed by atoms with E-state index in [-0.39, 0.29) is 0 Å². The van der Waals surface area contributed by atoms with Crippen LogP contribution in [0.1, 0.15) is 11.1 Å². The molecule has 0 saturated heterocycles. The lowest BCUT2D eigenvalue weighted by molar-refractivity contribution is 0.475. The maximum absolute atomic E-state index is 9.15. The Hall–Kier alpha value is -1.96. The Morgan fingerprint density at radius 1 is 0.933 bits per heavy atom. The van der Waals surface area contributed by atoms with E-state index in [1.165, 1.54) is 0 Å². The van der Waals surface area contributed by atoms with E-state index < -0.39 is 0 Å². The number of benzene rings is 2. The zero-order valence-corrected chi connectivity index (χ0v) is 8.35. The Kier molecular flexibility index (Phi) is 2.59. The molecule has 0 aliphatic rings. The minimum atomic E-state index is 0.291. The molecular weight excluding hydrogens is 186 g/mol. The van der Waals surface area contributed by atoms with Gasteiger partial charge in [-0.3, -0.25) is 0 Å². The highest BCUT2D eigenvalue weighted by Crippen LogP contribution is 2.17. The van der Waals surface area contributed by atoms with Gasteiger partial charge >= 0.3 is 0 Å². The van der Waals surface area contributed by atoms with Crippen molar-refractivity contribution in [2.45, 2.75) is 6.42 Å². The summed E-state index contributed by atoms with van der Waals surface area (Å²) in [7, 11) is 0. The smallest absolute Gasteiger partial charge is 0.115 e. The zero-order chi connectivity index (χ0) is 10.7. The van der Waals surface area contributed by atoms with Crippen LogP contribution >= 0.6 is 0 Å². The highest BCUT2D eigenvalue weighted by molar-refractivity contribution is 5.48. The van der Waals surface area contributed by atoms with Gasteiger partial charge in [0.25, 0.3) is 0 Å². The normalized spacial score (nSPS) is 10.1. The average Bonchev–Trinajstić information content (AvgIpc) is 2.25. The van der Waals surface area contributed by atoms with E-state index in [4.69, 9.17) is 10.8 Å². The summed E-state index contributed by atoms with van der Waals surface area (Å²) in [6.07, 6.45) is 0.799. The van der Waals surface area contributed by atoms with Crippen LogP contribution in [-0.2, 0) is 6.42 Å². The SMILES string of the molecule is Nc1ccccc1Cc1ccc(O)cc1. The summed E-state index contributed by atoms with van der Waals surface area (Å²) in [4.78, 5) is 0. The molecule has 3 N–H and O–H groups in total. The van der Waals surface area contributed by atoms with Crippen LogP contribution in [0, 0.1) is 0 Å². The van der Waals surface area contributed by atoms with Crippen molar-refractivity contribution in [3.8, 4) is 5.75 Å². The second-order valence-corrected chi connectivity index (χ2v) is 3.54. The van der Waals surface area contributed by atoms with Gasteiger partial charge in [-0.1, -0.05) is 30.3 Å². The van der Waals surface area contributed by atoms with Crippen molar-refractivity contribution >= 4 is 5.69 Å². The van der Waals surface area contributed by atoms with Gasteiger partial charge in [-0.15, -0.1) is 0 Å². The second kappa shape index (κ2) is 4.05. The van der Waals surface area contributed by atoms with Gasteiger partial charge in [0.1, 0.15) is 5.75 Å². The lowest BCUT2D eigenvalue weighted by Crippen LogP contribution is -1.94. The fourth-order valence-electron chi connectivity index (χ4n) is 1.53. The van der Waals surface area contributed by atoms with Crippen LogP contribution in [0.3, 0.4) is 0 Å². The molecule has 2 aromatic carbocycles. The minimum Gasteiger partial charge on any atom is -0.508 e. The molecular formula is C13H13NO. The van der Waals surface area contributed by atoms with Gasteiger partial charge in [0.15, 0.2) is 0 Å². The number of nitrogen functional groups attached to an aromatic ring is 1. The highest BCUT2D eigenvalue weighted by Gasteiger charge is 1.99. The molecule has 0 spiro atoms. The van der Waals surface area contributed by atoms with Crippen LogP contribution in [-0.4, -0.2) is 5.11 Å². The van der Waals surface area contributed by atoms with Crippen molar-refractivity contribution in [3.63, 3.8) is 0 Å². The molecule has 0 aromatic heterocycles. The van der Waals surface area contributed by atoms with E-state index in [0.29, 0.717) is 5.75 Å². The molecule has 0 atom stereocenters. The second-order valence-electron chi connectivity index (χ2n) is 3.54.